The lowest BCUT2D eigenvalue weighted by molar-refractivity contribution is 0.414. The summed E-state index contributed by atoms with van der Waals surface area (Å²) >= 11 is 6.95. The summed E-state index contributed by atoms with van der Waals surface area (Å²) in [6.45, 7) is 0. The summed E-state index contributed by atoms with van der Waals surface area (Å²) in [5.74, 6) is 1.29. The molecule has 0 saturated carbocycles. The Morgan fingerprint density at radius 3 is 2.47 bits per heavy atom. The van der Waals surface area contributed by atoms with Crippen LogP contribution in [0.3, 0.4) is 0 Å². The molecule has 1 aliphatic heterocycles. The first kappa shape index (κ1) is 22.1. The molecule has 5 rings (SSSR count). The molecular weight excluding hydrogens is 470 g/mol. The van der Waals surface area contributed by atoms with E-state index in [0.29, 0.717) is 27.9 Å². The van der Waals surface area contributed by atoms with E-state index in [1.807, 2.05) is 59.6 Å². The number of H-pyrrole nitrogens is 1. The summed E-state index contributed by atoms with van der Waals surface area (Å²) in [5, 5.41) is 16.5. The van der Waals surface area contributed by atoms with E-state index in [1.54, 1.807) is 31.4 Å². The molecule has 1 aromatic heterocycles. The summed E-state index contributed by atoms with van der Waals surface area (Å²) in [5.41, 5.74) is 3.64. The van der Waals surface area contributed by atoms with Crippen molar-refractivity contribution in [2.75, 3.05) is 12.1 Å². The molecule has 1 aliphatic rings. The van der Waals surface area contributed by atoms with Gasteiger partial charge in [-0.1, -0.05) is 65.4 Å². The molecule has 3 aromatic carbocycles. The minimum Gasteiger partial charge on any atom is -0.497 e. The molecule has 0 bridgehead atoms. The third-order valence-corrected chi connectivity index (χ3v) is 6.45. The van der Waals surface area contributed by atoms with Gasteiger partial charge in [0.1, 0.15) is 5.75 Å². The molecule has 0 fully saturated rings. The number of aromatic nitrogens is 1. The van der Waals surface area contributed by atoms with Crippen LogP contribution in [0, 0.1) is 0 Å². The number of hydrazone groups is 1. The first-order valence-electron chi connectivity index (χ1n) is 10.6. The molecule has 9 heteroatoms. The highest BCUT2D eigenvalue weighted by molar-refractivity contribution is 7.13. The fraction of sp³-hybridized carbons (Fsp3) is 0.120. The number of ether oxygens (including phenoxy) is 1. The van der Waals surface area contributed by atoms with E-state index in [9.17, 15) is 4.79 Å². The third kappa shape index (κ3) is 4.64. The van der Waals surface area contributed by atoms with Crippen molar-refractivity contribution in [1.82, 2.24) is 4.98 Å². The van der Waals surface area contributed by atoms with E-state index in [-0.39, 0.29) is 10.9 Å². The van der Waals surface area contributed by atoms with Crippen molar-refractivity contribution in [2.24, 2.45) is 15.3 Å². The van der Waals surface area contributed by atoms with Crippen molar-refractivity contribution >= 4 is 45.2 Å². The van der Waals surface area contributed by atoms with Gasteiger partial charge in [0.25, 0.3) is 0 Å². The number of thiazole rings is 1. The van der Waals surface area contributed by atoms with Gasteiger partial charge in [-0.2, -0.15) is 5.10 Å². The first-order chi connectivity index (χ1) is 16.6. The van der Waals surface area contributed by atoms with Gasteiger partial charge in [-0.15, -0.1) is 10.2 Å². The standard InChI is InChI=1S/C25H20ClN5O2S/c1-33-20-13-7-17(8-14-20)22-15-21(16-5-3-2-4-6-16)30-31(22)23-24(34-25(32)27-23)29-28-19-11-9-18(26)10-12-19/h2-14,22H,15H2,1H3,(H,27,32). The van der Waals surface area contributed by atoms with Crippen LogP contribution in [0.4, 0.5) is 16.5 Å². The largest absolute Gasteiger partial charge is 0.497 e. The summed E-state index contributed by atoms with van der Waals surface area (Å²) in [7, 11) is 1.64. The average molecular weight is 490 g/mol. The van der Waals surface area contributed by atoms with Gasteiger partial charge in [0.05, 0.1) is 24.6 Å². The Kier molecular flexibility index (Phi) is 6.24. The van der Waals surface area contributed by atoms with Crippen LogP contribution in [0.5, 0.6) is 5.75 Å². The normalized spacial score (nSPS) is 15.6. The highest BCUT2D eigenvalue weighted by Gasteiger charge is 2.33. The van der Waals surface area contributed by atoms with E-state index in [0.717, 1.165) is 33.9 Å². The van der Waals surface area contributed by atoms with E-state index >= 15 is 0 Å². The lowest BCUT2D eigenvalue weighted by Crippen LogP contribution is -2.19. The lowest BCUT2D eigenvalue weighted by atomic mass is 9.98. The summed E-state index contributed by atoms with van der Waals surface area (Å²) < 4.78 is 5.31. The van der Waals surface area contributed by atoms with Crippen molar-refractivity contribution in [3.05, 3.63) is 105 Å². The topological polar surface area (TPSA) is 82.4 Å². The first-order valence-corrected chi connectivity index (χ1v) is 11.8. The van der Waals surface area contributed by atoms with Gasteiger partial charge in [0.15, 0.2) is 10.8 Å². The van der Waals surface area contributed by atoms with Crippen LogP contribution < -0.4 is 14.6 Å². The number of hydrogen-bond donors (Lipinski definition) is 1. The molecule has 0 spiro atoms. The zero-order valence-corrected chi connectivity index (χ0v) is 19.8. The minimum absolute atomic E-state index is 0.129. The zero-order chi connectivity index (χ0) is 23.5. The minimum atomic E-state index is -0.225. The number of azo groups is 1. The highest BCUT2D eigenvalue weighted by atomic mass is 35.5. The van der Waals surface area contributed by atoms with E-state index < -0.39 is 0 Å². The summed E-state index contributed by atoms with van der Waals surface area (Å²) in [4.78, 5) is 15.0. The van der Waals surface area contributed by atoms with Crippen LogP contribution in [0.1, 0.15) is 23.6 Å². The number of aromatic amines is 1. The van der Waals surface area contributed by atoms with Gasteiger partial charge in [-0.05, 0) is 47.5 Å². The smallest absolute Gasteiger partial charge is 0.308 e. The number of methoxy groups -OCH3 is 1. The highest BCUT2D eigenvalue weighted by Crippen LogP contribution is 2.41. The van der Waals surface area contributed by atoms with Gasteiger partial charge in [-0.3, -0.25) is 9.78 Å². The van der Waals surface area contributed by atoms with Crippen molar-refractivity contribution in [1.29, 1.82) is 0 Å². The Hall–Kier alpha value is -3.75. The Labute approximate surface area is 205 Å². The summed E-state index contributed by atoms with van der Waals surface area (Å²) in [6, 6.07) is 24.8. The molecule has 0 aliphatic carbocycles. The number of halogens is 1. The second kappa shape index (κ2) is 9.62. The van der Waals surface area contributed by atoms with Gasteiger partial charge < -0.3 is 4.74 Å². The number of nitrogens with zero attached hydrogens (tertiary/aromatic N) is 4. The molecule has 1 atom stereocenters. The van der Waals surface area contributed by atoms with Crippen molar-refractivity contribution < 1.29 is 4.74 Å². The van der Waals surface area contributed by atoms with Crippen LogP contribution in [-0.2, 0) is 0 Å². The van der Waals surface area contributed by atoms with Crippen molar-refractivity contribution in [3.63, 3.8) is 0 Å². The van der Waals surface area contributed by atoms with Gasteiger partial charge >= 0.3 is 4.87 Å². The molecule has 0 amide bonds. The predicted molar refractivity (Wildman–Crippen MR) is 136 cm³/mol. The number of rotatable bonds is 6. The maximum atomic E-state index is 12.4. The number of benzene rings is 3. The molecule has 7 nitrogen and oxygen atoms in total. The predicted octanol–water partition coefficient (Wildman–Crippen LogP) is 6.87. The number of nitrogens with one attached hydrogen (secondary N) is 1. The maximum absolute atomic E-state index is 12.4. The van der Waals surface area contributed by atoms with Crippen LogP contribution >= 0.6 is 22.9 Å². The SMILES string of the molecule is COc1ccc(C2CC(c3ccccc3)=NN2c2[nH]c(=O)sc2N=Nc2ccc(Cl)cc2)cc1. The van der Waals surface area contributed by atoms with Crippen molar-refractivity contribution in [2.45, 2.75) is 12.5 Å². The maximum Gasteiger partial charge on any atom is 0.308 e. The monoisotopic (exact) mass is 489 g/mol. The molecule has 4 aromatic rings. The Bertz CT molecular complexity index is 1400. The van der Waals surface area contributed by atoms with Crippen LogP contribution in [0.25, 0.3) is 0 Å². The molecule has 1 unspecified atom stereocenters. The van der Waals surface area contributed by atoms with Gasteiger partial charge in [-0.25, -0.2) is 5.01 Å². The van der Waals surface area contributed by atoms with Crippen LogP contribution in [-0.4, -0.2) is 17.8 Å². The number of hydrogen-bond acceptors (Lipinski definition) is 7. The molecule has 170 valence electrons. The molecule has 1 N–H and O–H groups in total. The van der Waals surface area contributed by atoms with Gasteiger partial charge in [0, 0.05) is 11.4 Å². The fourth-order valence-electron chi connectivity index (χ4n) is 3.75. The Morgan fingerprint density at radius 2 is 1.76 bits per heavy atom. The molecule has 2 heterocycles. The molecule has 0 radical (unpaired) electrons. The van der Waals surface area contributed by atoms with E-state index in [2.05, 4.69) is 15.2 Å². The lowest BCUT2D eigenvalue weighted by Gasteiger charge is -2.22. The van der Waals surface area contributed by atoms with E-state index in [4.69, 9.17) is 21.4 Å². The second-order valence-corrected chi connectivity index (χ2v) is 8.99. The third-order valence-electron chi connectivity index (χ3n) is 5.44. The molecule has 0 saturated heterocycles. The van der Waals surface area contributed by atoms with Gasteiger partial charge in [0.2, 0.25) is 0 Å². The van der Waals surface area contributed by atoms with Crippen LogP contribution in [0.2, 0.25) is 5.02 Å². The zero-order valence-electron chi connectivity index (χ0n) is 18.2. The quantitative estimate of drug-likeness (QED) is 0.300. The van der Waals surface area contributed by atoms with Crippen LogP contribution in [0.15, 0.2) is 99.0 Å². The Balaban J connectivity index is 1.55. The molecular formula is C25H20ClN5O2S. The average Bonchev–Trinajstić information content (AvgIpc) is 3.48. The number of anilines is 1. The van der Waals surface area contributed by atoms with E-state index in [1.165, 1.54) is 0 Å². The fourth-order valence-corrected chi connectivity index (χ4v) is 4.53. The Morgan fingerprint density at radius 1 is 1.03 bits per heavy atom. The summed E-state index contributed by atoms with van der Waals surface area (Å²) in [6.07, 6.45) is 0.669. The van der Waals surface area contributed by atoms with Crippen molar-refractivity contribution in [3.8, 4) is 5.75 Å². The molecule has 34 heavy (non-hydrogen) atoms. The second-order valence-electron chi connectivity index (χ2n) is 7.60.